The number of fused-ring (bicyclic) bond motifs is 6. The molecule has 3 aliphatic rings. The van der Waals surface area contributed by atoms with Crippen LogP contribution < -0.4 is 0 Å². The van der Waals surface area contributed by atoms with Crippen molar-refractivity contribution >= 4 is 28.9 Å². The fraction of sp³-hybridized carbons (Fsp3) is 0.316. The average Bonchev–Trinajstić information content (AvgIpc) is 3.30. The third-order valence-electron chi connectivity index (χ3n) is 5.69. The summed E-state index contributed by atoms with van der Waals surface area (Å²) in [5.41, 5.74) is 2.92. The molecule has 24 heavy (non-hydrogen) atoms. The normalized spacial score (nSPS) is 31.1. The van der Waals surface area contributed by atoms with Gasteiger partial charge in [-0.1, -0.05) is 30.4 Å². The maximum atomic E-state index is 12.6. The summed E-state index contributed by atoms with van der Waals surface area (Å²) < 4.78 is 0. The van der Waals surface area contributed by atoms with E-state index in [0.717, 1.165) is 33.6 Å². The minimum Gasteiger partial charge on any atom is -0.358 e. The number of aryl methyl sites for hydroxylation is 1. The molecule has 1 N–H and O–H groups in total. The van der Waals surface area contributed by atoms with Gasteiger partial charge < -0.3 is 4.98 Å². The van der Waals surface area contributed by atoms with Crippen LogP contribution in [0.2, 0.25) is 0 Å². The number of rotatable bonds is 2. The summed E-state index contributed by atoms with van der Waals surface area (Å²) >= 11 is 0. The molecule has 5 rings (SSSR count). The van der Waals surface area contributed by atoms with E-state index >= 15 is 0 Å². The van der Waals surface area contributed by atoms with Gasteiger partial charge in [0.15, 0.2) is 0 Å². The number of carbonyl (C=O) groups is 2. The monoisotopic (exact) mass is 319 g/mol. The molecule has 0 spiro atoms. The zero-order valence-electron chi connectivity index (χ0n) is 13.3. The number of amides is 2. The van der Waals surface area contributed by atoms with Gasteiger partial charge in [0, 0.05) is 22.2 Å². The summed E-state index contributed by atoms with van der Waals surface area (Å²) in [7, 11) is 0. The second kappa shape index (κ2) is 4.66. The highest BCUT2D eigenvalue weighted by Crippen LogP contribution is 2.52. The number of carbonyl (C=O) groups excluding carboxylic acids is 2. The molecule has 2 aromatic rings. The summed E-state index contributed by atoms with van der Waals surface area (Å²) in [4.78, 5) is 28.6. The molecule has 120 valence electrons. The summed E-state index contributed by atoms with van der Waals surface area (Å²) in [5, 5.41) is 6.42. The molecule has 5 heteroatoms. The summed E-state index contributed by atoms with van der Waals surface area (Å²) in [6.07, 6.45) is 6.76. The Balaban J connectivity index is 1.50. The molecule has 2 bridgehead atoms. The van der Waals surface area contributed by atoms with E-state index in [0.29, 0.717) is 0 Å². The van der Waals surface area contributed by atoms with Gasteiger partial charge in [-0.15, -0.1) is 0 Å². The van der Waals surface area contributed by atoms with Crippen LogP contribution in [0.3, 0.4) is 0 Å². The lowest BCUT2D eigenvalue weighted by atomic mass is 9.85. The highest BCUT2D eigenvalue weighted by atomic mass is 16.2. The Kier molecular flexibility index (Phi) is 2.66. The first-order chi connectivity index (χ1) is 11.6. The molecule has 1 saturated carbocycles. The van der Waals surface area contributed by atoms with Gasteiger partial charge in [0.05, 0.1) is 18.1 Å². The molecule has 5 nitrogen and oxygen atoms in total. The van der Waals surface area contributed by atoms with E-state index in [1.165, 1.54) is 0 Å². The third-order valence-corrected chi connectivity index (χ3v) is 5.69. The van der Waals surface area contributed by atoms with Crippen LogP contribution in [-0.4, -0.2) is 28.0 Å². The van der Waals surface area contributed by atoms with Crippen LogP contribution in [0.4, 0.5) is 0 Å². The van der Waals surface area contributed by atoms with Crippen molar-refractivity contribution in [1.29, 1.82) is 0 Å². The van der Waals surface area contributed by atoms with E-state index in [2.05, 4.69) is 22.2 Å². The fourth-order valence-corrected chi connectivity index (χ4v) is 4.58. The lowest BCUT2D eigenvalue weighted by molar-refractivity contribution is -0.140. The average molecular weight is 319 g/mol. The molecular formula is C19H17N3O2. The van der Waals surface area contributed by atoms with Gasteiger partial charge in [-0.2, -0.15) is 10.1 Å². The molecule has 1 aromatic carbocycles. The zero-order valence-corrected chi connectivity index (χ0v) is 13.3. The van der Waals surface area contributed by atoms with Gasteiger partial charge in [-0.3, -0.25) is 9.59 Å². The fourth-order valence-electron chi connectivity index (χ4n) is 4.58. The summed E-state index contributed by atoms with van der Waals surface area (Å²) in [6.45, 7) is 1.97. The Morgan fingerprint density at radius 3 is 2.50 bits per heavy atom. The highest BCUT2D eigenvalue weighted by Gasteiger charge is 2.59. The molecule has 1 aromatic heterocycles. The molecular weight excluding hydrogens is 302 g/mol. The van der Waals surface area contributed by atoms with Gasteiger partial charge in [0.25, 0.3) is 11.8 Å². The quantitative estimate of drug-likeness (QED) is 0.525. The Labute approximate surface area is 139 Å². The van der Waals surface area contributed by atoms with Crippen LogP contribution in [0.25, 0.3) is 10.9 Å². The molecule has 0 radical (unpaired) electrons. The molecule has 2 heterocycles. The number of para-hydroxylation sites is 1. The first-order valence-corrected chi connectivity index (χ1v) is 8.32. The molecule has 2 amide bonds. The third kappa shape index (κ3) is 1.67. The first-order valence-electron chi connectivity index (χ1n) is 8.32. The molecule has 1 saturated heterocycles. The number of hydrogen-bond acceptors (Lipinski definition) is 3. The Bertz CT molecular complexity index is 909. The first kappa shape index (κ1) is 13.7. The topological polar surface area (TPSA) is 65.5 Å². The van der Waals surface area contributed by atoms with Crippen molar-refractivity contribution in [3.63, 3.8) is 0 Å². The van der Waals surface area contributed by atoms with Gasteiger partial charge in [0.2, 0.25) is 0 Å². The van der Waals surface area contributed by atoms with Gasteiger partial charge in [-0.25, -0.2) is 0 Å². The van der Waals surface area contributed by atoms with Crippen molar-refractivity contribution < 1.29 is 9.59 Å². The zero-order chi connectivity index (χ0) is 16.4. The molecule has 2 aliphatic carbocycles. The number of H-pyrrole nitrogens is 1. The van der Waals surface area contributed by atoms with Crippen LogP contribution in [0.15, 0.2) is 41.5 Å². The van der Waals surface area contributed by atoms with Crippen LogP contribution >= 0.6 is 0 Å². The second-order valence-electron chi connectivity index (χ2n) is 6.94. The number of hydrogen-bond donors (Lipinski definition) is 1. The number of aromatic amines is 1. The van der Waals surface area contributed by atoms with Crippen LogP contribution in [0.1, 0.15) is 17.7 Å². The minimum atomic E-state index is -0.200. The number of hydrazone groups is 1. The maximum absolute atomic E-state index is 12.6. The van der Waals surface area contributed by atoms with Gasteiger partial charge in [-0.05, 0) is 31.2 Å². The van der Waals surface area contributed by atoms with Gasteiger partial charge in [0.1, 0.15) is 0 Å². The molecule has 2 fully saturated rings. The number of nitrogens with zero attached hydrogens (tertiary/aromatic N) is 2. The van der Waals surface area contributed by atoms with Crippen molar-refractivity contribution in [3.05, 3.63) is 47.7 Å². The number of nitrogens with one attached hydrogen (secondary N) is 1. The number of imide groups is 1. The van der Waals surface area contributed by atoms with Crippen molar-refractivity contribution in [1.82, 2.24) is 9.99 Å². The van der Waals surface area contributed by atoms with Crippen LogP contribution in [0.5, 0.6) is 0 Å². The summed E-state index contributed by atoms with van der Waals surface area (Å²) in [5.74, 6) is -0.258. The Morgan fingerprint density at radius 1 is 1.12 bits per heavy atom. The van der Waals surface area contributed by atoms with Crippen LogP contribution in [0, 0.1) is 30.6 Å². The van der Waals surface area contributed by atoms with E-state index in [9.17, 15) is 9.59 Å². The van der Waals surface area contributed by atoms with E-state index in [4.69, 9.17) is 0 Å². The smallest absolute Gasteiger partial charge is 0.254 e. The van der Waals surface area contributed by atoms with Crippen molar-refractivity contribution in [2.24, 2.45) is 28.8 Å². The summed E-state index contributed by atoms with van der Waals surface area (Å²) in [6, 6.07) is 7.94. The number of benzene rings is 1. The van der Waals surface area contributed by atoms with E-state index in [1.54, 1.807) is 6.21 Å². The largest absolute Gasteiger partial charge is 0.358 e. The number of aromatic nitrogens is 1. The predicted molar refractivity (Wildman–Crippen MR) is 90.2 cm³/mol. The standard InChI is InChI=1S/C19H17N3O2/c1-10-14(13-4-2-3-5-15(13)21-10)9-20-22-18(23)16-11-6-7-12(8-11)17(16)19(22)24/h2-7,9,11-12,16-17,21H,8H2,1H3/b20-9-/t11-,12-,16+,17+/m0/s1. The lowest BCUT2D eigenvalue weighted by Crippen LogP contribution is -2.28. The highest BCUT2D eigenvalue weighted by molar-refractivity contribution is 6.08. The predicted octanol–water partition coefficient (Wildman–Crippen LogP) is 2.62. The Hall–Kier alpha value is -2.69. The van der Waals surface area contributed by atoms with Crippen molar-refractivity contribution in [3.8, 4) is 0 Å². The Morgan fingerprint density at radius 2 is 1.79 bits per heavy atom. The number of allylic oxidation sites excluding steroid dienone is 2. The van der Waals surface area contributed by atoms with Gasteiger partial charge >= 0.3 is 0 Å². The van der Waals surface area contributed by atoms with E-state index in [1.807, 2.05) is 31.2 Å². The van der Waals surface area contributed by atoms with Crippen molar-refractivity contribution in [2.75, 3.05) is 0 Å². The maximum Gasteiger partial charge on any atom is 0.254 e. The molecule has 4 atom stereocenters. The second-order valence-corrected chi connectivity index (χ2v) is 6.94. The van der Waals surface area contributed by atoms with Crippen LogP contribution in [-0.2, 0) is 9.59 Å². The van der Waals surface area contributed by atoms with Crippen molar-refractivity contribution in [2.45, 2.75) is 13.3 Å². The SMILES string of the molecule is Cc1[nH]c2ccccc2c1/C=N\N1C(=O)[C@H]2[C@H](C1=O)[C@H]1C=C[C@H]2C1. The molecule has 0 unspecified atom stereocenters. The minimum absolute atomic E-state index is 0.143. The van der Waals surface area contributed by atoms with E-state index < -0.39 is 0 Å². The molecule has 1 aliphatic heterocycles. The lowest BCUT2D eigenvalue weighted by Gasteiger charge is -2.13. The van der Waals surface area contributed by atoms with E-state index in [-0.39, 0.29) is 35.5 Å².